The standard InChI is InChI=1S/C65H40BN3O/c1-3-13-41(14-4-1)43-23-29-48(30-24-43)68-59-39-47(65-67-58-21-11-12-22-61(58)70-65)40-60-62(59)66(56-37-35-52-50-19-9-7-17-45(50)27-33-54(52)63(56)68)57-38-36-53-51-20-10-8-18-46(51)28-34-55(53)64(57)69(60)49-31-25-44(26-32-49)42-15-5-2-6-16-42/h1-40H. The van der Waals surface area contributed by atoms with E-state index in [1.54, 1.807) is 0 Å². The van der Waals surface area contributed by atoms with E-state index in [1.165, 1.54) is 93.1 Å². The van der Waals surface area contributed by atoms with Crippen LogP contribution in [0.2, 0.25) is 0 Å². The van der Waals surface area contributed by atoms with Crippen LogP contribution in [0.15, 0.2) is 247 Å². The quantitative estimate of drug-likeness (QED) is 0.127. The summed E-state index contributed by atoms with van der Waals surface area (Å²) in [5.41, 5.74) is 17.7. The largest absolute Gasteiger partial charge is 0.436 e. The first kappa shape index (κ1) is 38.9. The third kappa shape index (κ3) is 5.82. The number of hydrogen-bond donors (Lipinski definition) is 0. The summed E-state index contributed by atoms with van der Waals surface area (Å²) < 4.78 is 6.73. The van der Waals surface area contributed by atoms with E-state index in [0.717, 1.165) is 39.4 Å². The lowest BCUT2D eigenvalue weighted by Crippen LogP contribution is -2.61. The summed E-state index contributed by atoms with van der Waals surface area (Å²) in [5, 5.41) is 9.78. The Hall–Kier alpha value is -9.19. The second-order valence-electron chi connectivity index (χ2n) is 18.6. The lowest BCUT2D eigenvalue weighted by molar-refractivity contribution is 0.620. The Morgan fingerprint density at radius 1 is 0.343 bits per heavy atom. The van der Waals surface area contributed by atoms with Crippen molar-refractivity contribution in [1.82, 2.24) is 4.98 Å². The maximum absolute atomic E-state index is 6.73. The topological polar surface area (TPSA) is 32.5 Å². The number of aromatic nitrogens is 1. The molecular formula is C65H40BN3O. The van der Waals surface area contributed by atoms with Crippen molar-refractivity contribution in [2.45, 2.75) is 0 Å². The fourth-order valence-electron chi connectivity index (χ4n) is 11.7. The van der Waals surface area contributed by atoms with Gasteiger partial charge in [0.2, 0.25) is 5.89 Å². The van der Waals surface area contributed by atoms with E-state index in [-0.39, 0.29) is 6.71 Å². The molecule has 1 aromatic heterocycles. The molecule has 12 aromatic carbocycles. The first-order chi connectivity index (χ1) is 34.7. The molecule has 2 aliphatic heterocycles. The number of nitrogens with zero attached hydrogens (tertiary/aromatic N) is 3. The van der Waals surface area contributed by atoms with E-state index in [2.05, 4.69) is 228 Å². The first-order valence-electron chi connectivity index (χ1n) is 24.1. The third-order valence-corrected chi connectivity index (χ3v) is 14.8. The van der Waals surface area contributed by atoms with Gasteiger partial charge < -0.3 is 14.2 Å². The van der Waals surface area contributed by atoms with Gasteiger partial charge >= 0.3 is 0 Å². The highest BCUT2D eigenvalue weighted by Gasteiger charge is 2.45. The predicted octanol–water partition coefficient (Wildman–Crippen LogP) is 15.5. The van der Waals surface area contributed by atoms with Crippen molar-refractivity contribution in [1.29, 1.82) is 0 Å². The van der Waals surface area contributed by atoms with E-state index in [4.69, 9.17) is 9.40 Å². The third-order valence-electron chi connectivity index (χ3n) is 14.8. The van der Waals surface area contributed by atoms with Gasteiger partial charge in [-0.2, -0.15) is 0 Å². The van der Waals surface area contributed by atoms with Gasteiger partial charge in [-0.05, 0) is 119 Å². The van der Waals surface area contributed by atoms with E-state index in [0.29, 0.717) is 5.89 Å². The zero-order valence-corrected chi connectivity index (χ0v) is 37.9. The molecule has 2 aliphatic rings. The van der Waals surface area contributed by atoms with Gasteiger partial charge in [0.05, 0.1) is 0 Å². The molecule has 15 rings (SSSR count). The minimum Gasteiger partial charge on any atom is -0.436 e. The number of fused-ring (bicyclic) bond motifs is 13. The molecule has 0 atom stereocenters. The Kier molecular flexibility index (Phi) is 8.42. The van der Waals surface area contributed by atoms with Crippen LogP contribution in [0.4, 0.5) is 34.1 Å². The Balaban J connectivity index is 1.08. The van der Waals surface area contributed by atoms with Crippen LogP contribution < -0.4 is 26.2 Å². The minimum atomic E-state index is -0.112. The minimum absolute atomic E-state index is 0.112. The van der Waals surface area contributed by atoms with E-state index < -0.39 is 0 Å². The van der Waals surface area contributed by atoms with Crippen molar-refractivity contribution < 1.29 is 4.42 Å². The molecule has 0 saturated carbocycles. The van der Waals surface area contributed by atoms with Crippen LogP contribution in [-0.4, -0.2) is 11.7 Å². The first-order valence-corrected chi connectivity index (χ1v) is 24.1. The van der Waals surface area contributed by atoms with Gasteiger partial charge in [-0.25, -0.2) is 4.98 Å². The van der Waals surface area contributed by atoms with Gasteiger partial charge in [0, 0.05) is 50.5 Å². The number of rotatable bonds is 5. The molecule has 0 saturated heterocycles. The zero-order valence-electron chi connectivity index (χ0n) is 37.9. The summed E-state index contributed by atoms with van der Waals surface area (Å²) in [6, 6.07) is 88.6. The van der Waals surface area contributed by atoms with Crippen molar-refractivity contribution in [3.05, 3.63) is 243 Å². The van der Waals surface area contributed by atoms with Crippen molar-refractivity contribution in [2.24, 2.45) is 0 Å². The monoisotopic (exact) mass is 889 g/mol. The van der Waals surface area contributed by atoms with Gasteiger partial charge in [0.1, 0.15) is 5.52 Å². The Bertz CT molecular complexity index is 3970. The lowest BCUT2D eigenvalue weighted by Gasteiger charge is -2.45. The Labute approximate surface area is 405 Å². The van der Waals surface area contributed by atoms with Gasteiger partial charge in [-0.1, -0.05) is 194 Å². The van der Waals surface area contributed by atoms with Gasteiger partial charge in [0.15, 0.2) is 5.58 Å². The molecule has 5 heteroatoms. The van der Waals surface area contributed by atoms with Crippen molar-refractivity contribution >= 4 is 111 Å². The molecule has 0 radical (unpaired) electrons. The summed E-state index contributed by atoms with van der Waals surface area (Å²) in [5.74, 6) is 0.583. The maximum Gasteiger partial charge on any atom is 0.252 e. The number of anilines is 6. The summed E-state index contributed by atoms with van der Waals surface area (Å²) >= 11 is 0. The van der Waals surface area contributed by atoms with Crippen LogP contribution in [0.3, 0.4) is 0 Å². The highest BCUT2D eigenvalue weighted by atomic mass is 16.3. The zero-order chi connectivity index (χ0) is 45.9. The summed E-state index contributed by atoms with van der Waals surface area (Å²) in [6.07, 6.45) is 0. The number of benzene rings is 12. The van der Waals surface area contributed by atoms with E-state index in [1.807, 2.05) is 24.3 Å². The average molecular weight is 890 g/mol. The highest BCUT2D eigenvalue weighted by molar-refractivity contribution is 7.00. The van der Waals surface area contributed by atoms with Crippen LogP contribution in [0.25, 0.3) is 87.9 Å². The van der Waals surface area contributed by atoms with Crippen LogP contribution in [0, 0.1) is 0 Å². The molecule has 0 amide bonds. The lowest BCUT2D eigenvalue weighted by atomic mass is 9.33. The Morgan fingerprint density at radius 2 is 0.786 bits per heavy atom. The molecule has 3 heterocycles. The maximum atomic E-state index is 6.73. The number of oxazole rings is 1. The molecule has 0 unspecified atom stereocenters. The molecule has 0 aliphatic carbocycles. The number of para-hydroxylation sites is 2. The number of hydrogen-bond acceptors (Lipinski definition) is 4. The molecule has 13 aromatic rings. The van der Waals surface area contributed by atoms with E-state index >= 15 is 0 Å². The van der Waals surface area contributed by atoms with Gasteiger partial charge in [-0.3, -0.25) is 0 Å². The summed E-state index contributed by atoms with van der Waals surface area (Å²) in [4.78, 5) is 10.2. The SMILES string of the molecule is c1ccc(-c2ccc(N3c4cc(-c5nc6ccccc6o5)cc5c4B(c4ccc6c(ccc7ccccc76)c43)c3ccc4c(ccc6ccccc64)c3N5c3ccc(-c4ccccc4)cc3)cc2)cc1. The normalized spacial score (nSPS) is 12.8. The molecule has 0 bridgehead atoms. The molecule has 4 nitrogen and oxygen atoms in total. The van der Waals surface area contributed by atoms with Crippen molar-refractivity contribution in [3.63, 3.8) is 0 Å². The highest BCUT2D eigenvalue weighted by Crippen LogP contribution is 2.50. The van der Waals surface area contributed by atoms with Crippen LogP contribution >= 0.6 is 0 Å². The fourth-order valence-corrected chi connectivity index (χ4v) is 11.7. The summed E-state index contributed by atoms with van der Waals surface area (Å²) in [6.45, 7) is -0.112. The van der Waals surface area contributed by atoms with Crippen LogP contribution in [0.5, 0.6) is 0 Å². The molecular weight excluding hydrogens is 850 g/mol. The van der Waals surface area contributed by atoms with Gasteiger partial charge in [0.25, 0.3) is 6.71 Å². The van der Waals surface area contributed by atoms with Crippen LogP contribution in [-0.2, 0) is 0 Å². The fraction of sp³-hybridized carbons (Fsp3) is 0. The smallest absolute Gasteiger partial charge is 0.252 e. The molecule has 0 N–H and O–H groups in total. The molecule has 0 spiro atoms. The van der Waals surface area contributed by atoms with Gasteiger partial charge in [-0.15, -0.1) is 0 Å². The molecule has 0 fully saturated rings. The molecule has 70 heavy (non-hydrogen) atoms. The summed E-state index contributed by atoms with van der Waals surface area (Å²) in [7, 11) is 0. The average Bonchev–Trinajstić information content (AvgIpc) is 3.88. The van der Waals surface area contributed by atoms with Crippen molar-refractivity contribution in [2.75, 3.05) is 9.80 Å². The second kappa shape index (κ2) is 15.2. The Morgan fingerprint density at radius 3 is 1.30 bits per heavy atom. The van der Waals surface area contributed by atoms with Crippen molar-refractivity contribution in [3.8, 4) is 33.7 Å². The van der Waals surface area contributed by atoms with E-state index in [9.17, 15) is 0 Å². The predicted molar refractivity (Wildman–Crippen MR) is 294 cm³/mol. The second-order valence-corrected chi connectivity index (χ2v) is 18.6. The van der Waals surface area contributed by atoms with Crippen LogP contribution in [0.1, 0.15) is 0 Å². The molecule has 324 valence electrons.